The van der Waals surface area contributed by atoms with Crippen molar-refractivity contribution < 1.29 is 9.47 Å². The minimum Gasteiger partial charge on any atom is -0.493 e. The third-order valence-electron chi connectivity index (χ3n) is 2.37. The largest absolute Gasteiger partial charge is 0.493 e. The summed E-state index contributed by atoms with van der Waals surface area (Å²) in [5, 5.41) is 0. The Kier molecular flexibility index (Phi) is 4.43. The lowest BCUT2D eigenvalue weighted by Crippen LogP contribution is -2.10. The smallest absolute Gasteiger partial charge is 0.161 e. The van der Waals surface area contributed by atoms with Gasteiger partial charge in [-0.15, -0.1) is 0 Å². The van der Waals surface area contributed by atoms with Crippen LogP contribution in [-0.4, -0.2) is 13.2 Å². The van der Waals surface area contributed by atoms with Crippen molar-refractivity contribution in [3.05, 3.63) is 23.8 Å². The van der Waals surface area contributed by atoms with Gasteiger partial charge < -0.3 is 15.2 Å². The summed E-state index contributed by atoms with van der Waals surface area (Å²) in [6.45, 7) is 4.64. The number of benzene rings is 1. The third-order valence-corrected chi connectivity index (χ3v) is 2.37. The quantitative estimate of drug-likeness (QED) is 0.809. The number of hydrogen-bond acceptors (Lipinski definition) is 3. The lowest BCUT2D eigenvalue weighted by atomic mass is 10.2. The summed E-state index contributed by atoms with van der Waals surface area (Å²) in [4.78, 5) is 0. The highest BCUT2D eigenvalue weighted by molar-refractivity contribution is 5.43. The molecule has 3 nitrogen and oxygen atoms in total. The first-order valence-corrected chi connectivity index (χ1v) is 5.24. The van der Waals surface area contributed by atoms with Gasteiger partial charge in [0.2, 0.25) is 0 Å². The molecule has 1 atom stereocenters. The van der Waals surface area contributed by atoms with E-state index < -0.39 is 0 Å². The van der Waals surface area contributed by atoms with E-state index in [4.69, 9.17) is 15.2 Å². The van der Waals surface area contributed by atoms with E-state index in [0.29, 0.717) is 6.54 Å². The lowest BCUT2D eigenvalue weighted by Gasteiger charge is -2.15. The van der Waals surface area contributed by atoms with Crippen molar-refractivity contribution >= 4 is 0 Å². The van der Waals surface area contributed by atoms with E-state index in [9.17, 15) is 0 Å². The number of ether oxygens (including phenoxy) is 2. The minimum atomic E-state index is 0.197. The van der Waals surface area contributed by atoms with Crippen LogP contribution in [0.1, 0.15) is 25.8 Å². The standard InChI is InChI=1S/C12H19NO2/c1-4-9(2)15-11-6-5-10(8-13)7-12(11)14-3/h5-7,9H,4,8,13H2,1-3H3/t9-/m1/s1. The van der Waals surface area contributed by atoms with Gasteiger partial charge in [-0.3, -0.25) is 0 Å². The van der Waals surface area contributed by atoms with E-state index in [2.05, 4.69) is 6.92 Å². The van der Waals surface area contributed by atoms with Crippen molar-refractivity contribution in [2.24, 2.45) is 5.73 Å². The van der Waals surface area contributed by atoms with Crippen LogP contribution in [0.15, 0.2) is 18.2 Å². The molecule has 3 heteroatoms. The summed E-state index contributed by atoms with van der Waals surface area (Å²) in [6, 6.07) is 5.78. The summed E-state index contributed by atoms with van der Waals surface area (Å²) in [7, 11) is 1.64. The lowest BCUT2D eigenvalue weighted by molar-refractivity contribution is 0.207. The fourth-order valence-electron chi connectivity index (χ4n) is 1.24. The molecule has 1 aromatic carbocycles. The highest BCUT2D eigenvalue weighted by Crippen LogP contribution is 2.29. The van der Waals surface area contributed by atoms with Crippen LogP contribution in [0.4, 0.5) is 0 Å². The molecule has 0 saturated carbocycles. The minimum absolute atomic E-state index is 0.197. The predicted octanol–water partition coefficient (Wildman–Crippen LogP) is 2.33. The van der Waals surface area contributed by atoms with E-state index >= 15 is 0 Å². The summed E-state index contributed by atoms with van der Waals surface area (Å²) in [5.41, 5.74) is 6.60. The van der Waals surface area contributed by atoms with Gasteiger partial charge in [0.25, 0.3) is 0 Å². The Morgan fingerprint density at radius 3 is 2.60 bits per heavy atom. The van der Waals surface area contributed by atoms with Crippen LogP contribution in [0.2, 0.25) is 0 Å². The number of nitrogens with two attached hydrogens (primary N) is 1. The molecule has 0 aliphatic heterocycles. The summed E-state index contributed by atoms with van der Waals surface area (Å²) >= 11 is 0. The van der Waals surface area contributed by atoms with E-state index in [1.54, 1.807) is 7.11 Å². The van der Waals surface area contributed by atoms with Crippen LogP contribution in [0.25, 0.3) is 0 Å². The van der Waals surface area contributed by atoms with Gasteiger partial charge in [-0.1, -0.05) is 13.0 Å². The Bertz CT molecular complexity index is 312. The first kappa shape index (κ1) is 11.9. The van der Waals surface area contributed by atoms with Gasteiger partial charge in [-0.05, 0) is 31.0 Å². The summed E-state index contributed by atoms with van der Waals surface area (Å²) in [5.74, 6) is 1.53. The topological polar surface area (TPSA) is 44.5 Å². The Balaban J connectivity index is 2.87. The molecular formula is C12H19NO2. The molecule has 1 rings (SSSR count). The van der Waals surface area contributed by atoms with Crippen LogP contribution < -0.4 is 15.2 Å². The molecule has 0 fully saturated rings. The third kappa shape index (κ3) is 3.13. The van der Waals surface area contributed by atoms with Crippen LogP contribution >= 0.6 is 0 Å². The average Bonchev–Trinajstić information content (AvgIpc) is 2.29. The first-order valence-electron chi connectivity index (χ1n) is 5.24. The second-order valence-corrected chi connectivity index (χ2v) is 3.53. The molecule has 84 valence electrons. The molecule has 0 spiro atoms. The van der Waals surface area contributed by atoms with Gasteiger partial charge in [-0.25, -0.2) is 0 Å². The summed E-state index contributed by atoms with van der Waals surface area (Å²) < 4.78 is 11.0. The molecule has 0 heterocycles. The van der Waals surface area contributed by atoms with Gasteiger partial charge in [0.05, 0.1) is 13.2 Å². The van der Waals surface area contributed by atoms with Crippen molar-refractivity contribution in [2.45, 2.75) is 32.9 Å². The van der Waals surface area contributed by atoms with Crippen molar-refractivity contribution in [1.82, 2.24) is 0 Å². The van der Waals surface area contributed by atoms with E-state index in [0.717, 1.165) is 23.5 Å². The zero-order valence-electron chi connectivity index (χ0n) is 9.62. The highest BCUT2D eigenvalue weighted by Gasteiger charge is 2.08. The van der Waals surface area contributed by atoms with E-state index in [-0.39, 0.29) is 6.10 Å². The molecule has 1 aromatic rings. The molecule has 0 aliphatic carbocycles. The Labute approximate surface area is 91.2 Å². The van der Waals surface area contributed by atoms with Crippen LogP contribution in [-0.2, 0) is 6.54 Å². The second-order valence-electron chi connectivity index (χ2n) is 3.53. The molecule has 0 aromatic heterocycles. The highest BCUT2D eigenvalue weighted by atomic mass is 16.5. The zero-order chi connectivity index (χ0) is 11.3. The van der Waals surface area contributed by atoms with Crippen molar-refractivity contribution in [1.29, 1.82) is 0 Å². The summed E-state index contributed by atoms with van der Waals surface area (Å²) in [6.07, 6.45) is 1.17. The maximum absolute atomic E-state index is 5.72. The van der Waals surface area contributed by atoms with Gasteiger partial charge in [-0.2, -0.15) is 0 Å². The Hall–Kier alpha value is -1.22. The van der Waals surface area contributed by atoms with Crippen LogP contribution in [0.5, 0.6) is 11.5 Å². The zero-order valence-corrected chi connectivity index (χ0v) is 9.62. The molecule has 0 amide bonds. The van der Waals surface area contributed by atoms with Crippen molar-refractivity contribution in [2.75, 3.05) is 7.11 Å². The molecule has 15 heavy (non-hydrogen) atoms. The maximum atomic E-state index is 5.72. The molecular weight excluding hydrogens is 190 g/mol. The maximum Gasteiger partial charge on any atom is 0.161 e. The molecule has 0 radical (unpaired) electrons. The molecule has 0 aliphatic rings. The number of hydrogen-bond donors (Lipinski definition) is 1. The fraction of sp³-hybridized carbons (Fsp3) is 0.500. The van der Waals surface area contributed by atoms with Gasteiger partial charge in [0.1, 0.15) is 0 Å². The molecule has 0 unspecified atom stereocenters. The molecule has 0 saturated heterocycles. The monoisotopic (exact) mass is 209 g/mol. The SMILES string of the molecule is CC[C@@H](C)Oc1ccc(CN)cc1OC. The van der Waals surface area contributed by atoms with Crippen LogP contribution in [0, 0.1) is 0 Å². The predicted molar refractivity (Wildman–Crippen MR) is 61.3 cm³/mol. The number of methoxy groups -OCH3 is 1. The molecule has 2 N–H and O–H groups in total. The van der Waals surface area contributed by atoms with Crippen molar-refractivity contribution in [3.8, 4) is 11.5 Å². The number of rotatable bonds is 5. The van der Waals surface area contributed by atoms with Crippen LogP contribution in [0.3, 0.4) is 0 Å². The van der Waals surface area contributed by atoms with E-state index in [1.165, 1.54) is 0 Å². The van der Waals surface area contributed by atoms with Gasteiger partial charge in [0.15, 0.2) is 11.5 Å². The van der Waals surface area contributed by atoms with Crippen molar-refractivity contribution in [3.63, 3.8) is 0 Å². The van der Waals surface area contributed by atoms with Gasteiger partial charge >= 0.3 is 0 Å². The van der Waals surface area contributed by atoms with E-state index in [1.807, 2.05) is 25.1 Å². The second kappa shape index (κ2) is 5.61. The fourth-order valence-corrected chi connectivity index (χ4v) is 1.24. The first-order chi connectivity index (χ1) is 7.21. The van der Waals surface area contributed by atoms with Gasteiger partial charge in [0, 0.05) is 6.54 Å². The normalized spacial score (nSPS) is 12.3. The average molecular weight is 209 g/mol. The molecule has 0 bridgehead atoms. The Morgan fingerprint density at radius 1 is 1.33 bits per heavy atom. The Morgan fingerprint density at radius 2 is 2.07 bits per heavy atom.